The Bertz CT molecular complexity index is 515. The molecule has 1 aromatic rings. The summed E-state index contributed by atoms with van der Waals surface area (Å²) in [4.78, 5) is 0. The molecule has 1 aromatic carbocycles. The summed E-state index contributed by atoms with van der Waals surface area (Å²) >= 11 is 6.22. The van der Waals surface area contributed by atoms with Crippen LogP contribution in [0.1, 0.15) is 18.6 Å². The lowest BCUT2D eigenvalue weighted by molar-refractivity contribution is -0.0265. The maximum atomic E-state index is 9.45. The summed E-state index contributed by atoms with van der Waals surface area (Å²) in [5.74, 6) is 0.678. The first-order chi connectivity index (χ1) is 9.08. The highest BCUT2D eigenvalue weighted by Crippen LogP contribution is 2.36. The minimum atomic E-state index is -0.809. The van der Waals surface area contributed by atoms with Crippen molar-refractivity contribution >= 4 is 24.2 Å². The number of aliphatic hydroxyl groups excluding tert-OH is 1. The van der Waals surface area contributed by atoms with Crippen LogP contribution in [0.25, 0.3) is 0 Å². The Morgan fingerprint density at radius 3 is 3.05 bits per heavy atom. The van der Waals surface area contributed by atoms with E-state index in [-0.39, 0.29) is 19.3 Å². The molecule has 0 radical (unpaired) electrons. The fourth-order valence-electron chi connectivity index (χ4n) is 2.44. The number of halogens is 1. The molecule has 0 bridgehead atoms. The predicted molar refractivity (Wildman–Crippen MR) is 71.8 cm³/mol. The molecular formula is C12H15BClNO4. The molecule has 0 aliphatic carbocycles. The smallest absolute Gasteiger partial charge is 0.491 e. The Hall–Kier alpha value is -0.785. The van der Waals surface area contributed by atoms with E-state index in [9.17, 15) is 5.11 Å². The molecule has 3 N–H and O–H groups in total. The van der Waals surface area contributed by atoms with Crippen molar-refractivity contribution in [3.8, 4) is 5.75 Å². The van der Waals surface area contributed by atoms with E-state index in [2.05, 4.69) is 0 Å². The largest absolute Gasteiger partial charge is 0.499 e. The van der Waals surface area contributed by atoms with E-state index < -0.39 is 12.7 Å². The standard InChI is InChI=1S/C12H15BClNO4/c1-12(5-16)6-17-8-3-2-7(14)10-9(4-15)18-13(19-12)11(8)10/h2-3,9,16H,4-6,15H2,1H3/t9?,12-/m0/s1. The summed E-state index contributed by atoms with van der Waals surface area (Å²) in [6.45, 7) is 2.19. The third-order valence-electron chi connectivity index (χ3n) is 3.51. The Kier molecular flexibility index (Phi) is 3.23. The Labute approximate surface area is 116 Å². The molecule has 2 heterocycles. The minimum absolute atomic E-state index is 0.156. The summed E-state index contributed by atoms with van der Waals surface area (Å²) in [6, 6.07) is 3.56. The van der Waals surface area contributed by atoms with Crippen LogP contribution < -0.4 is 15.9 Å². The molecule has 3 rings (SSSR count). The van der Waals surface area contributed by atoms with E-state index in [4.69, 9.17) is 31.4 Å². The zero-order valence-corrected chi connectivity index (χ0v) is 11.3. The van der Waals surface area contributed by atoms with E-state index in [1.165, 1.54) is 0 Å². The molecule has 0 fully saturated rings. The van der Waals surface area contributed by atoms with Crippen LogP contribution in [-0.2, 0) is 9.31 Å². The highest BCUT2D eigenvalue weighted by molar-refractivity contribution is 6.65. The Morgan fingerprint density at radius 2 is 2.37 bits per heavy atom. The first kappa shape index (κ1) is 13.2. The van der Waals surface area contributed by atoms with Gasteiger partial charge in [0.15, 0.2) is 0 Å². The number of ether oxygens (including phenoxy) is 1. The van der Waals surface area contributed by atoms with Crippen molar-refractivity contribution in [1.82, 2.24) is 0 Å². The first-order valence-electron chi connectivity index (χ1n) is 6.17. The Morgan fingerprint density at radius 1 is 1.58 bits per heavy atom. The van der Waals surface area contributed by atoms with Crippen LogP contribution in [0.5, 0.6) is 5.75 Å². The van der Waals surface area contributed by atoms with Crippen molar-refractivity contribution in [2.75, 3.05) is 19.8 Å². The fraction of sp³-hybridized carbons (Fsp3) is 0.500. The van der Waals surface area contributed by atoms with Gasteiger partial charge >= 0.3 is 7.12 Å². The molecule has 0 spiro atoms. The van der Waals surface area contributed by atoms with E-state index >= 15 is 0 Å². The van der Waals surface area contributed by atoms with Gasteiger partial charge in [0.25, 0.3) is 0 Å². The zero-order chi connectivity index (χ0) is 13.6. The first-order valence-corrected chi connectivity index (χ1v) is 6.55. The van der Waals surface area contributed by atoms with Gasteiger partial charge in [-0.1, -0.05) is 11.6 Å². The molecular weight excluding hydrogens is 268 g/mol. The molecule has 102 valence electrons. The molecule has 2 aliphatic heterocycles. The molecule has 0 saturated heterocycles. The van der Waals surface area contributed by atoms with E-state index in [1.54, 1.807) is 19.1 Å². The number of rotatable bonds is 2. The summed E-state index contributed by atoms with van der Waals surface area (Å²) < 4.78 is 17.4. The van der Waals surface area contributed by atoms with Gasteiger partial charge in [0.2, 0.25) is 0 Å². The lowest BCUT2D eigenvalue weighted by atomic mass is 9.77. The van der Waals surface area contributed by atoms with Crippen LogP contribution in [-0.4, -0.2) is 37.6 Å². The summed E-state index contributed by atoms with van der Waals surface area (Å²) in [7, 11) is -0.600. The maximum Gasteiger partial charge on any atom is 0.499 e. The Balaban J connectivity index is 2.09. The fourth-order valence-corrected chi connectivity index (χ4v) is 2.72. The highest BCUT2D eigenvalue weighted by Gasteiger charge is 2.47. The number of hydrogen-bond donors (Lipinski definition) is 2. The lowest BCUT2D eigenvalue weighted by Crippen LogP contribution is -2.45. The van der Waals surface area contributed by atoms with Gasteiger partial charge < -0.3 is 24.9 Å². The van der Waals surface area contributed by atoms with Gasteiger partial charge in [0, 0.05) is 22.6 Å². The van der Waals surface area contributed by atoms with Crippen LogP contribution in [0.4, 0.5) is 0 Å². The second kappa shape index (κ2) is 4.65. The summed E-state index contributed by atoms with van der Waals surface area (Å²) in [5, 5.41) is 10.0. The second-order valence-electron chi connectivity index (χ2n) is 5.08. The minimum Gasteiger partial charge on any atom is -0.491 e. The van der Waals surface area contributed by atoms with Crippen LogP contribution >= 0.6 is 11.6 Å². The normalized spacial score (nSPS) is 28.8. The quantitative estimate of drug-likeness (QED) is 0.760. The van der Waals surface area contributed by atoms with Gasteiger partial charge in [-0.15, -0.1) is 0 Å². The predicted octanol–water partition coefficient (Wildman–Crippen LogP) is 0.225. The molecule has 19 heavy (non-hydrogen) atoms. The van der Waals surface area contributed by atoms with Crippen molar-refractivity contribution in [3.63, 3.8) is 0 Å². The molecule has 5 nitrogen and oxygen atoms in total. The number of aliphatic hydroxyl groups is 1. The van der Waals surface area contributed by atoms with Crippen molar-refractivity contribution in [3.05, 3.63) is 22.7 Å². The van der Waals surface area contributed by atoms with Crippen LogP contribution in [0.2, 0.25) is 5.02 Å². The SMILES string of the molecule is C[C@]1(CO)COc2ccc(Cl)c3c2B(OC3CN)O1. The molecule has 7 heteroatoms. The van der Waals surface area contributed by atoms with E-state index in [0.29, 0.717) is 17.3 Å². The average Bonchev–Trinajstić information content (AvgIpc) is 2.70. The number of nitrogens with two attached hydrogens (primary N) is 1. The topological polar surface area (TPSA) is 73.9 Å². The van der Waals surface area contributed by atoms with Gasteiger partial charge in [-0.05, 0) is 19.1 Å². The molecule has 0 aromatic heterocycles. The van der Waals surface area contributed by atoms with Gasteiger partial charge in [-0.3, -0.25) is 0 Å². The molecule has 2 aliphatic rings. The third-order valence-corrected chi connectivity index (χ3v) is 3.84. The number of benzene rings is 1. The van der Waals surface area contributed by atoms with Crippen molar-refractivity contribution in [1.29, 1.82) is 0 Å². The van der Waals surface area contributed by atoms with E-state index in [0.717, 1.165) is 11.0 Å². The third kappa shape index (κ3) is 2.04. The van der Waals surface area contributed by atoms with Crippen LogP contribution in [0, 0.1) is 0 Å². The molecule has 2 atom stereocenters. The average molecular weight is 284 g/mol. The van der Waals surface area contributed by atoms with Gasteiger partial charge in [0.1, 0.15) is 18.0 Å². The highest BCUT2D eigenvalue weighted by atomic mass is 35.5. The summed E-state index contributed by atoms with van der Waals surface area (Å²) in [6.07, 6.45) is -0.308. The van der Waals surface area contributed by atoms with Crippen molar-refractivity contribution in [2.24, 2.45) is 5.73 Å². The van der Waals surface area contributed by atoms with Gasteiger partial charge in [-0.25, -0.2) is 0 Å². The second-order valence-corrected chi connectivity index (χ2v) is 5.49. The molecule has 1 unspecified atom stereocenters. The molecule has 0 amide bonds. The number of hydrogen-bond acceptors (Lipinski definition) is 5. The zero-order valence-electron chi connectivity index (χ0n) is 10.6. The lowest BCUT2D eigenvalue weighted by Gasteiger charge is -2.27. The van der Waals surface area contributed by atoms with Crippen LogP contribution in [0.3, 0.4) is 0 Å². The summed E-state index contributed by atoms with van der Waals surface area (Å²) in [5.41, 5.74) is 6.53. The van der Waals surface area contributed by atoms with Crippen molar-refractivity contribution < 1.29 is 19.2 Å². The monoisotopic (exact) mass is 283 g/mol. The van der Waals surface area contributed by atoms with Crippen molar-refractivity contribution in [2.45, 2.75) is 18.6 Å². The van der Waals surface area contributed by atoms with Gasteiger partial charge in [-0.2, -0.15) is 0 Å². The maximum absolute atomic E-state index is 9.45. The molecule has 0 saturated carbocycles. The van der Waals surface area contributed by atoms with E-state index in [1.807, 2.05) is 0 Å². The van der Waals surface area contributed by atoms with Crippen LogP contribution in [0.15, 0.2) is 12.1 Å². The van der Waals surface area contributed by atoms with Gasteiger partial charge in [0.05, 0.1) is 12.7 Å².